The Labute approximate surface area is 146 Å². The van der Waals surface area contributed by atoms with Crippen LogP contribution in [-0.4, -0.2) is 11.7 Å². The van der Waals surface area contributed by atoms with E-state index in [1.165, 1.54) is 11.1 Å². The second-order valence-corrected chi connectivity index (χ2v) is 6.15. The van der Waals surface area contributed by atoms with Gasteiger partial charge < -0.3 is 10.6 Å². The second kappa shape index (κ2) is 8.37. The van der Waals surface area contributed by atoms with E-state index in [9.17, 15) is 0 Å². The normalized spacial score (nSPS) is 10.3. The van der Waals surface area contributed by atoms with Gasteiger partial charge in [0.25, 0.3) is 0 Å². The van der Waals surface area contributed by atoms with E-state index in [-0.39, 0.29) is 0 Å². The molecule has 0 aliphatic carbocycles. The predicted octanol–water partition coefficient (Wildman–Crippen LogP) is 5.08. The lowest BCUT2D eigenvalue weighted by atomic mass is 10.1. The van der Waals surface area contributed by atoms with E-state index in [4.69, 9.17) is 35.4 Å². The molecule has 2 aromatic carbocycles. The standard InChI is InChI=1S/C17H18Cl2N2S/c1-2-12-3-5-13(6-4-12)9-10-20-17(22)21-14-7-8-15(18)16(19)11-14/h3-8,11H,2,9-10H2,1H3,(H2,20,21,22). The van der Waals surface area contributed by atoms with Crippen LogP contribution in [0.15, 0.2) is 42.5 Å². The first-order chi connectivity index (χ1) is 10.6. The van der Waals surface area contributed by atoms with Crippen molar-refractivity contribution in [2.75, 3.05) is 11.9 Å². The van der Waals surface area contributed by atoms with E-state index >= 15 is 0 Å². The summed E-state index contributed by atoms with van der Waals surface area (Å²) in [6, 6.07) is 14.0. The van der Waals surface area contributed by atoms with Gasteiger partial charge in [-0.2, -0.15) is 0 Å². The van der Waals surface area contributed by atoms with Crippen LogP contribution in [0.5, 0.6) is 0 Å². The minimum atomic E-state index is 0.505. The maximum Gasteiger partial charge on any atom is 0.170 e. The van der Waals surface area contributed by atoms with Crippen LogP contribution in [0, 0.1) is 0 Å². The van der Waals surface area contributed by atoms with Crippen LogP contribution in [0.25, 0.3) is 0 Å². The van der Waals surface area contributed by atoms with Gasteiger partial charge in [0.05, 0.1) is 10.0 Å². The molecule has 0 spiro atoms. The zero-order chi connectivity index (χ0) is 15.9. The molecule has 0 amide bonds. The molecule has 0 unspecified atom stereocenters. The lowest BCUT2D eigenvalue weighted by molar-refractivity contribution is 0.872. The smallest absolute Gasteiger partial charge is 0.170 e. The number of hydrogen-bond acceptors (Lipinski definition) is 1. The van der Waals surface area contributed by atoms with Crippen LogP contribution < -0.4 is 10.6 Å². The first kappa shape index (κ1) is 17.1. The van der Waals surface area contributed by atoms with Crippen molar-refractivity contribution in [3.05, 3.63) is 63.6 Å². The van der Waals surface area contributed by atoms with Crippen LogP contribution in [0.2, 0.25) is 10.0 Å². The van der Waals surface area contributed by atoms with Crippen molar-refractivity contribution in [1.29, 1.82) is 0 Å². The van der Waals surface area contributed by atoms with Gasteiger partial charge in [0.1, 0.15) is 0 Å². The Balaban J connectivity index is 1.78. The quantitative estimate of drug-likeness (QED) is 0.733. The van der Waals surface area contributed by atoms with Crippen LogP contribution in [0.1, 0.15) is 18.1 Å². The SMILES string of the molecule is CCc1ccc(CCNC(=S)Nc2ccc(Cl)c(Cl)c2)cc1. The molecule has 0 atom stereocenters. The van der Waals surface area contributed by atoms with Gasteiger partial charge in [0, 0.05) is 12.2 Å². The topological polar surface area (TPSA) is 24.1 Å². The minimum absolute atomic E-state index is 0.505. The number of halogens is 2. The Kier molecular flexibility index (Phi) is 6.49. The highest BCUT2D eigenvalue weighted by Crippen LogP contribution is 2.24. The van der Waals surface area contributed by atoms with Crippen LogP contribution in [0.4, 0.5) is 5.69 Å². The van der Waals surface area contributed by atoms with Crippen molar-refractivity contribution in [2.24, 2.45) is 0 Å². The van der Waals surface area contributed by atoms with E-state index in [0.717, 1.165) is 25.1 Å². The Morgan fingerprint density at radius 1 is 1.00 bits per heavy atom. The molecule has 0 heterocycles. The van der Waals surface area contributed by atoms with Crippen molar-refractivity contribution in [3.8, 4) is 0 Å². The third-order valence-corrected chi connectivity index (χ3v) is 4.29. The Morgan fingerprint density at radius 3 is 2.32 bits per heavy atom. The summed E-state index contributed by atoms with van der Waals surface area (Å²) < 4.78 is 0. The van der Waals surface area contributed by atoms with Crippen molar-refractivity contribution >= 4 is 46.2 Å². The van der Waals surface area contributed by atoms with Crippen molar-refractivity contribution in [3.63, 3.8) is 0 Å². The summed E-state index contributed by atoms with van der Waals surface area (Å²) >= 11 is 17.1. The fraction of sp³-hybridized carbons (Fsp3) is 0.235. The van der Waals surface area contributed by atoms with E-state index in [1.54, 1.807) is 12.1 Å². The average Bonchev–Trinajstić information content (AvgIpc) is 2.51. The summed E-state index contributed by atoms with van der Waals surface area (Å²) in [7, 11) is 0. The van der Waals surface area contributed by atoms with Gasteiger partial charge >= 0.3 is 0 Å². The second-order valence-electron chi connectivity index (χ2n) is 4.93. The van der Waals surface area contributed by atoms with Gasteiger partial charge in [0.15, 0.2) is 5.11 Å². The Bertz CT molecular complexity index is 642. The molecule has 22 heavy (non-hydrogen) atoms. The molecule has 2 aromatic rings. The summed E-state index contributed by atoms with van der Waals surface area (Å²) in [4.78, 5) is 0. The fourth-order valence-corrected chi connectivity index (χ4v) is 2.53. The molecular weight excluding hydrogens is 335 g/mol. The molecule has 0 aliphatic rings. The highest BCUT2D eigenvalue weighted by Gasteiger charge is 2.02. The number of anilines is 1. The van der Waals surface area contributed by atoms with Gasteiger partial charge in [-0.3, -0.25) is 0 Å². The monoisotopic (exact) mass is 352 g/mol. The third kappa shape index (κ3) is 5.16. The predicted molar refractivity (Wildman–Crippen MR) is 100 cm³/mol. The minimum Gasteiger partial charge on any atom is -0.362 e. The molecule has 0 radical (unpaired) electrons. The van der Waals surface area contributed by atoms with Crippen LogP contribution >= 0.6 is 35.4 Å². The Hall–Kier alpha value is -1.29. The summed E-state index contributed by atoms with van der Waals surface area (Å²) in [6.07, 6.45) is 1.99. The molecule has 5 heteroatoms. The summed E-state index contributed by atoms with van der Waals surface area (Å²) in [6.45, 7) is 2.93. The van der Waals surface area contributed by atoms with Crippen LogP contribution in [-0.2, 0) is 12.8 Å². The largest absolute Gasteiger partial charge is 0.362 e. The first-order valence-electron chi connectivity index (χ1n) is 7.16. The van der Waals surface area contributed by atoms with E-state index in [0.29, 0.717) is 15.2 Å². The number of rotatable bonds is 5. The summed E-state index contributed by atoms with van der Waals surface area (Å²) in [5.74, 6) is 0. The van der Waals surface area contributed by atoms with Gasteiger partial charge in [-0.25, -0.2) is 0 Å². The molecule has 0 aliphatic heterocycles. The number of hydrogen-bond donors (Lipinski definition) is 2. The van der Waals surface area contributed by atoms with Crippen LogP contribution in [0.3, 0.4) is 0 Å². The van der Waals surface area contributed by atoms with E-state index < -0.39 is 0 Å². The zero-order valence-corrected chi connectivity index (χ0v) is 14.7. The number of benzene rings is 2. The lowest BCUT2D eigenvalue weighted by Crippen LogP contribution is -2.30. The Morgan fingerprint density at radius 2 is 1.68 bits per heavy atom. The van der Waals surface area contributed by atoms with Crippen molar-refractivity contribution in [1.82, 2.24) is 5.32 Å². The average molecular weight is 353 g/mol. The molecule has 0 bridgehead atoms. The molecule has 2 rings (SSSR count). The molecule has 2 nitrogen and oxygen atoms in total. The summed E-state index contributed by atoms with van der Waals surface area (Å²) in [5.41, 5.74) is 3.47. The molecule has 0 aromatic heterocycles. The number of thiocarbonyl (C=S) groups is 1. The maximum atomic E-state index is 5.97. The highest BCUT2D eigenvalue weighted by molar-refractivity contribution is 7.80. The van der Waals surface area contributed by atoms with Gasteiger partial charge in [-0.15, -0.1) is 0 Å². The zero-order valence-electron chi connectivity index (χ0n) is 12.3. The van der Waals surface area contributed by atoms with Crippen molar-refractivity contribution < 1.29 is 0 Å². The maximum absolute atomic E-state index is 5.97. The lowest BCUT2D eigenvalue weighted by Gasteiger charge is -2.11. The van der Waals surface area contributed by atoms with Gasteiger partial charge in [0.2, 0.25) is 0 Å². The van der Waals surface area contributed by atoms with Crippen molar-refractivity contribution in [2.45, 2.75) is 19.8 Å². The fourth-order valence-electron chi connectivity index (χ4n) is 2.01. The number of aryl methyl sites for hydroxylation is 1. The van der Waals surface area contributed by atoms with Gasteiger partial charge in [-0.05, 0) is 54.4 Å². The molecule has 0 fully saturated rings. The molecule has 116 valence electrons. The third-order valence-electron chi connectivity index (χ3n) is 3.31. The summed E-state index contributed by atoms with van der Waals surface area (Å²) in [5, 5.41) is 7.89. The number of nitrogens with one attached hydrogen (secondary N) is 2. The van der Waals surface area contributed by atoms with Gasteiger partial charge in [-0.1, -0.05) is 54.4 Å². The molecule has 2 N–H and O–H groups in total. The first-order valence-corrected chi connectivity index (χ1v) is 8.32. The van der Waals surface area contributed by atoms with E-state index in [1.807, 2.05) is 6.07 Å². The highest BCUT2D eigenvalue weighted by atomic mass is 35.5. The molecule has 0 saturated carbocycles. The molecular formula is C17H18Cl2N2S. The van der Waals surface area contributed by atoms with E-state index in [2.05, 4.69) is 41.8 Å². The molecule has 0 saturated heterocycles.